The molecule has 0 saturated carbocycles. The van der Waals surface area contributed by atoms with Crippen LogP contribution >= 0.6 is 11.8 Å². The van der Waals surface area contributed by atoms with Gasteiger partial charge in [0.25, 0.3) is 5.91 Å². The Morgan fingerprint density at radius 3 is 2.57 bits per heavy atom. The van der Waals surface area contributed by atoms with Crippen LogP contribution in [-0.2, 0) is 10.5 Å². The van der Waals surface area contributed by atoms with Crippen molar-refractivity contribution in [3.63, 3.8) is 0 Å². The minimum atomic E-state index is -0.0159. The van der Waals surface area contributed by atoms with E-state index in [1.807, 2.05) is 47.4 Å². The molecule has 3 aromatic rings. The smallest absolute Gasteiger partial charge is 0.275 e. The van der Waals surface area contributed by atoms with Gasteiger partial charge in [-0.1, -0.05) is 60.2 Å². The number of aryl methyl sites for hydroxylation is 1. The van der Waals surface area contributed by atoms with Crippen molar-refractivity contribution in [3.8, 4) is 0 Å². The molecule has 0 unspecified atom stereocenters. The number of benzene rings is 2. The number of nitrogens with one attached hydrogen (secondary N) is 1. The summed E-state index contributed by atoms with van der Waals surface area (Å²) in [5.41, 5.74) is 3.72. The van der Waals surface area contributed by atoms with Crippen molar-refractivity contribution in [1.29, 1.82) is 0 Å². The largest absolute Gasteiger partial charge is 0.463 e. The molecular weight excluding hydrogens is 368 g/mol. The highest BCUT2D eigenvalue weighted by atomic mass is 32.2. The number of quaternary nitrogens is 1. The second kappa shape index (κ2) is 10.7. The van der Waals surface area contributed by atoms with Gasteiger partial charge in [-0.15, -0.1) is 0 Å². The van der Waals surface area contributed by atoms with E-state index >= 15 is 0 Å². The standard InChI is InChI=1S/C23H26N2O2S/c1-18-9-11-19(12-10-18)17-28-15-13-24-22(26)16-25-23(21-8-5-14-27-21)20-6-3-2-4-7-20/h2-12,14,23,25H,13,15-17H2,1H3,(H,24,26)/p+1/t23-/m1/s1. The van der Waals surface area contributed by atoms with Gasteiger partial charge in [0.1, 0.15) is 0 Å². The highest BCUT2D eigenvalue weighted by molar-refractivity contribution is 7.98. The first kappa shape index (κ1) is 20.2. The molecule has 0 aliphatic heterocycles. The van der Waals surface area contributed by atoms with Gasteiger partial charge in [-0.3, -0.25) is 4.79 Å². The van der Waals surface area contributed by atoms with E-state index in [0.717, 1.165) is 22.8 Å². The van der Waals surface area contributed by atoms with E-state index in [9.17, 15) is 4.79 Å². The molecule has 0 aliphatic rings. The summed E-state index contributed by atoms with van der Waals surface area (Å²) in [5.74, 6) is 2.77. The molecule has 3 rings (SSSR count). The molecule has 0 aliphatic carbocycles. The van der Waals surface area contributed by atoms with Crippen molar-refractivity contribution in [2.75, 3.05) is 18.8 Å². The maximum Gasteiger partial charge on any atom is 0.275 e. The van der Waals surface area contributed by atoms with Crippen molar-refractivity contribution < 1.29 is 14.5 Å². The lowest BCUT2D eigenvalue weighted by Crippen LogP contribution is -2.87. The summed E-state index contributed by atoms with van der Waals surface area (Å²) >= 11 is 1.83. The fourth-order valence-electron chi connectivity index (χ4n) is 2.98. The van der Waals surface area contributed by atoms with Crippen LogP contribution in [0.4, 0.5) is 0 Å². The van der Waals surface area contributed by atoms with Crippen molar-refractivity contribution in [1.82, 2.24) is 5.32 Å². The molecule has 146 valence electrons. The number of thioether (sulfide) groups is 1. The molecule has 4 nitrogen and oxygen atoms in total. The molecule has 2 aromatic carbocycles. The summed E-state index contributed by atoms with van der Waals surface area (Å²) in [6.07, 6.45) is 1.67. The normalized spacial score (nSPS) is 11.9. The number of nitrogens with two attached hydrogens (primary N) is 1. The third-order valence-corrected chi connectivity index (χ3v) is 5.54. The zero-order valence-corrected chi connectivity index (χ0v) is 17.0. The molecule has 1 atom stereocenters. The van der Waals surface area contributed by atoms with Crippen LogP contribution in [0.3, 0.4) is 0 Å². The Labute approximate surface area is 170 Å². The van der Waals surface area contributed by atoms with Crippen LogP contribution in [0.2, 0.25) is 0 Å². The maximum absolute atomic E-state index is 12.2. The molecule has 1 heterocycles. The van der Waals surface area contributed by atoms with Gasteiger partial charge in [0.15, 0.2) is 18.3 Å². The number of furan rings is 1. The molecule has 5 heteroatoms. The van der Waals surface area contributed by atoms with Crippen LogP contribution in [0.25, 0.3) is 0 Å². The van der Waals surface area contributed by atoms with Crippen LogP contribution in [0.5, 0.6) is 0 Å². The van der Waals surface area contributed by atoms with Crippen molar-refractivity contribution in [3.05, 3.63) is 95.4 Å². The molecule has 1 amide bonds. The van der Waals surface area contributed by atoms with Gasteiger partial charge in [0.2, 0.25) is 0 Å². The predicted octanol–water partition coefficient (Wildman–Crippen LogP) is 3.29. The highest BCUT2D eigenvalue weighted by Crippen LogP contribution is 2.18. The second-order valence-corrected chi connectivity index (χ2v) is 7.84. The van der Waals surface area contributed by atoms with Gasteiger partial charge < -0.3 is 15.1 Å². The molecule has 0 bridgehead atoms. The first-order valence-electron chi connectivity index (χ1n) is 9.54. The molecule has 0 saturated heterocycles. The lowest BCUT2D eigenvalue weighted by atomic mass is 10.0. The van der Waals surface area contributed by atoms with Gasteiger partial charge in [0.05, 0.1) is 6.26 Å². The topological polar surface area (TPSA) is 58.9 Å². The van der Waals surface area contributed by atoms with E-state index in [0.29, 0.717) is 13.1 Å². The fraction of sp³-hybridized carbons (Fsp3) is 0.261. The van der Waals surface area contributed by atoms with Crippen molar-refractivity contribution >= 4 is 17.7 Å². The van der Waals surface area contributed by atoms with E-state index in [2.05, 4.69) is 48.6 Å². The van der Waals surface area contributed by atoms with Gasteiger partial charge in [0, 0.05) is 23.6 Å². The van der Waals surface area contributed by atoms with E-state index in [1.54, 1.807) is 6.26 Å². The number of hydrogen-bond donors (Lipinski definition) is 2. The summed E-state index contributed by atoms with van der Waals surface area (Å²) in [4.78, 5) is 12.2. The average Bonchev–Trinajstić information content (AvgIpc) is 3.25. The number of hydrogen-bond acceptors (Lipinski definition) is 3. The quantitative estimate of drug-likeness (QED) is 0.518. The van der Waals surface area contributed by atoms with Gasteiger partial charge in [-0.05, 0) is 24.6 Å². The Bertz CT molecular complexity index is 833. The minimum Gasteiger partial charge on any atom is -0.463 e. The van der Waals surface area contributed by atoms with E-state index in [1.165, 1.54) is 11.1 Å². The summed E-state index contributed by atoms with van der Waals surface area (Å²) < 4.78 is 5.58. The highest BCUT2D eigenvalue weighted by Gasteiger charge is 2.21. The first-order valence-corrected chi connectivity index (χ1v) is 10.7. The summed E-state index contributed by atoms with van der Waals surface area (Å²) in [5, 5.41) is 5.03. The maximum atomic E-state index is 12.2. The van der Waals surface area contributed by atoms with Crippen molar-refractivity contribution in [2.45, 2.75) is 18.7 Å². The summed E-state index contributed by atoms with van der Waals surface area (Å²) in [6.45, 7) is 3.14. The number of amides is 1. The Hall–Kier alpha value is -2.50. The summed E-state index contributed by atoms with van der Waals surface area (Å²) in [7, 11) is 0. The van der Waals surface area contributed by atoms with Crippen molar-refractivity contribution in [2.24, 2.45) is 0 Å². The lowest BCUT2D eigenvalue weighted by Gasteiger charge is -2.14. The van der Waals surface area contributed by atoms with E-state index in [4.69, 9.17) is 4.42 Å². The second-order valence-electron chi connectivity index (χ2n) is 6.73. The molecular formula is C23H27N2O2S+. The van der Waals surface area contributed by atoms with Crippen LogP contribution in [0.1, 0.15) is 28.5 Å². The third-order valence-electron chi connectivity index (χ3n) is 4.51. The van der Waals surface area contributed by atoms with Crippen LogP contribution in [-0.4, -0.2) is 24.7 Å². The van der Waals surface area contributed by atoms with Crippen LogP contribution in [0.15, 0.2) is 77.4 Å². The zero-order valence-electron chi connectivity index (χ0n) is 16.1. The van der Waals surface area contributed by atoms with E-state index in [-0.39, 0.29) is 11.9 Å². The Morgan fingerprint density at radius 1 is 1.07 bits per heavy atom. The predicted molar refractivity (Wildman–Crippen MR) is 114 cm³/mol. The third kappa shape index (κ3) is 6.29. The molecule has 3 N–H and O–H groups in total. The Morgan fingerprint density at radius 2 is 1.86 bits per heavy atom. The van der Waals surface area contributed by atoms with Gasteiger partial charge in [-0.2, -0.15) is 11.8 Å². The van der Waals surface area contributed by atoms with Crippen LogP contribution in [0, 0.1) is 6.92 Å². The molecule has 28 heavy (non-hydrogen) atoms. The molecule has 0 radical (unpaired) electrons. The van der Waals surface area contributed by atoms with Gasteiger partial charge in [-0.25, -0.2) is 0 Å². The lowest BCUT2D eigenvalue weighted by molar-refractivity contribution is -0.678. The number of carbonyl (C=O) groups excluding carboxylic acids is 1. The first-order chi connectivity index (χ1) is 13.7. The zero-order chi connectivity index (χ0) is 19.6. The SMILES string of the molecule is Cc1ccc(CSCCNC(=O)C[NH2+][C@H](c2ccccc2)c2ccco2)cc1. The monoisotopic (exact) mass is 395 g/mol. The van der Waals surface area contributed by atoms with Gasteiger partial charge >= 0.3 is 0 Å². The number of carbonyl (C=O) groups is 1. The van der Waals surface area contributed by atoms with E-state index < -0.39 is 0 Å². The molecule has 0 fully saturated rings. The average molecular weight is 396 g/mol. The summed E-state index contributed by atoms with van der Waals surface area (Å²) in [6, 6.07) is 22.5. The fourth-order valence-corrected chi connectivity index (χ4v) is 3.80. The minimum absolute atomic E-state index is 0.0159. The van der Waals surface area contributed by atoms with Crippen LogP contribution < -0.4 is 10.6 Å². The Kier molecular flexibility index (Phi) is 7.76. The Balaban J connectivity index is 1.39. The molecule has 1 aromatic heterocycles. The number of rotatable bonds is 10. The molecule has 0 spiro atoms.